The summed E-state index contributed by atoms with van der Waals surface area (Å²) in [4.78, 5) is 2.31. The van der Waals surface area contributed by atoms with Gasteiger partial charge in [-0.3, -0.25) is 4.90 Å². The van der Waals surface area contributed by atoms with Crippen molar-refractivity contribution >= 4 is 0 Å². The molecule has 3 aliphatic rings. The Morgan fingerprint density at radius 2 is 1.88 bits per heavy atom. The van der Waals surface area contributed by atoms with Crippen molar-refractivity contribution in [3.63, 3.8) is 0 Å². The van der Waals surface area contributed by atoms with Crippen LogP contribution in [0.25, 0.3) is 0 Å². The number of rotatable bonds is 2. The van der Waals surface area contributed by atoms with Crippen LogP contribution in [0.3, 0.4) is 0 Å². The first-order chi connectivity index (χ1) is 12.7. The Morgan fingerprint density at radius 3 is 2.65 bits per heavy atom. The predicted molar refractivity (Wildman–Crippen MR) is 93.9 cm³/mol. The van der Waals surface area contributed by atoms with E-state index in [0.717, 1.165) is 41.2 Å². The molecule has 0 amide bonds. The summed E-state index contributed by atoms with van der Waals surface area (Å²) in [6.07, 6.45) is 0.273. The fourth-order valence-electron chi connectivity index (χ4n) is 4.46. The molecule has 0 saturated carbocycles. The summed E-state index contributed by atoms with van der Waals surface area (Å²) >= 11 is 0. The van der Waals surface area contributed by atoms with Gasteiger partial charge in [0, 0.05) is 18.7 Å². The van der Waals surface area contributed by atoms with E-state index in [9.17, 15) is 5.11 Å². The van der Waals surface area contributed by atoms with Crippen molar-refractivity contribution in [3.05, 3.63) is 46.5 Å². The smallest absolute Gasteiger partial charge is 0.231 e. The Bertz CT molecular complexity index is 881. The minimum Gasteiger partial charge on any atom is -0.493 e. The molecule has 0 bridgehead atoms. The summed E-state index contributed by atoms with van der Waals surface area (Å²) in [7, 11) is 3.27. The summed E-state index contributed by atoms with van der Waals surface area (Å²) in [5, 5.41) is 11.2. The highest BCUT2D eigenvalue weighted by molar-refractivity contribution is 5.56. The average Bonchev–Trinajstić information content (AvgIpc) is 3.12. The number of benzene rings is 2. The fraction of sp³-hybridized carbons (Fsp3) is 0.400. The van der Waals surface area contributed by atoms with Gasteiger partial charge >= 0.3 is 0 Å². The summed E-state index contributed by atoms with van der Waals surface area (Å²) in [5.74, 6) is 2.96. The van der Waals surface area contributed by atoms with Crippen molar-refractivity contribution < 1.29 is 24.1 Å². The van der Waals surface area contributed by atoms with Crippen LogP contribution in [0.1, 0.15) is 34.4 Å². The largest absolute Gasteiger partial charge is 0.493 e. The maximum Gasteiger partial charge on any atom is 0.231 e. The Morgan fingerprint density at radius 1 is 1.08 bits per heavy atom. The third kappa shape index (κ3) is 2.12. The van der Waals surface area contributed by atoms with Gasteiger partial charge in [0.05, 0.1) is 26.4 Å². The number of aliphatic hydroxyl groups excluding tert-OH is 1. The van der Waals surface area contributed by atoms with Crippen LogP contribution in [-0.2, 0) is 13.0 Å². The van der Waals surface area contributed by atoms with Crippen molar-refractivity contribution in [2.75, 3.05) is 27.6 Å². The zero-order chi connectivity index (χ0) is 17.8. The number of hydrogen-bond acceptors (Lipinski definition) is 6. The standard InChI is InChI=1S/C20H21NO5/c1-23-15-4-3-12-14(20(15)24-2)9-21-6-5-11-7-16-17(26-10-25-16)8-13(11)18(21)19(12)22/h3-4,7-8,18-19,22H,5-6,9-10H2,1-2H3/t18-,19+/m0/s1. The summed E-state index contributed by atoms with van der Waals surface area (Å²) in [6.45, 7) is 1.84. The summed E-state index contributed by atoms with van der Waals surface area (Å²) < 4.78 is 22.1. The van der Waals surface area contributed by atoms with Crippen LogP contribution in [0.15, 0.2) is 24.3 Å². The molecule has 6 nitrogen and oxygen atoms in total. The molecule has 0 spiro atoms. The van der Waals surface area contributed by atoms with Gasteiger partial charge in [-0.05, 0) is 41.3 Å². The van der Waals surface area contributed by atoms with Crippen LogP contribution in [0.5, 0.6) is 23.0 Å². The molecule has 0 fully saturated rings. The second-order valence-electron chi connectivity index (χ2n) is 6.88. The van der Waals surface area contributed by atoms with Crippen LogP contribution in [0.4, 0.5) is 0 Å². The number of hydrogen-bond donors (Lipinski definition) is 1. The second-order valence-corrected chi connectivity index (χ2v) is 6.88. The molecular weight excluding hydrogens is 334 g/mol. The number of fused-ring (bicyclic) bond motifs is 5. The molecule has 0 saturated heterocycles. The molecule has 2 aromatic carbocycles. The van der Waals surface area contributed by atoms with Crippen LogP contribution in [-0.4, -0.2) is 37.6 Å². The van der Waals surface area contributed by atoms with E-state index in [4.69, 9.17) is 18.9 Å². The van der Waals surface area contributed by atoms with Gasteiger partial charge in [0.15, 0.2) is 23.0 Å². The SMILES string of the molecule is COc1ccc2c(c1OC)CN1CCc3cc4c(cc3[C@H]1[C@@H]2O)OCO4. The zero-order valence-electron chi connectivity index (χ0n) is 14.8. The molecule has 6 heteroatoms. The first-order valence-electron chi connectivity index (χ1n) is 8.79. The van der Waals surface area contributed by atoms with Crippen LogP contribution in [0.2, 0.25) is 0 Å². The van der Waals surface area contributed by atoms with Crippen molar-refractivity contribution in [1.29, 1.82) is 0 Å². The number of ether oxygens (including phenoxy) is 4. The molecule has 2 aromatic rings. The molecular formula is C20H21NO5. The molecule has 1 N–H and O–H groups in total. The molecule has 3 heterocycles. The lowest BCUT2D eigenvalue weighted by Crippen LogP contribution is -2.41. The van der Waals surface area contributed by atoms with Crippen LogP contribution >= 0.6 is 0 Å². The number of nitrogens with zero attached hydrogens (tertiary/aromatic N) is 1. The van der Waals surface area contributed by atoms with Gasteiger partial charge in [0.1, 0.15) is 0 Å². The molecule has 136 valence electrons. The highest BCUT2D eigenvalue weighted by atomic mass is 16.7. The van der Waals surface area contributed by atoms with E-state index >= 15 is 0 Å². The third-order valence-corrected chi connectivity index (χ3v) is 5.68. The zero-order valence-corrected chi connectivity index (χ0v) is 14.8. The number of aliphatic hydroxyl groups is 1. The van der Waals surface area contributed by atoms with E-state index in [1.54, 1.807) is 14.2 Å². The first kappa shape index (κ1) is 15.8. The van der Waals surface area contributed by atoms with E-state index in [2.05, 4.69) is 11.0 Å². The van der Waals surface area contributed by atoms with E-state index < -0.39 is 6.10 Å². The Hall–Kier alpha value is -2.44. The molecule has 0 aliphatic carbocycles. The second kappa shape index (κ2) is 5.79. The van der Waals surface area contributed by atoms with Gasteiger partial charge in [0.25, 0.3) is 0 Å². The minimum absolute atomic E-state index is 0.0983. The fourth-order valence-corrected chi connectivity index (χ4v) is 4.46. The molecule has 3 aliphatic heterocycles. The molecule has 0 radical (unpaired) electrons. The van der Waals surface area contributed by atoms with E-state index in [1.807, 2.05) is 18.2 Å². The number of methoxy groups -OCH3 is 2. The van der Waals surface area contributed by atoms with Crippen LogP contribution in [0, 0.1) is 0 Å². The predicted octanol–water partition coefficient (Wildman–Crippen LogP) is 2.58. The van der Waals surface area contributed by atoms with E-state index in [1.165, 1.54) is 5.56 Å². The molecule has 5 rings (SSSR count). The molecule has 0 unspecified atom stereocenters. The van der Waals surface area contributed by atoms with Crippen molar-refractivity contribution in [2.45, 2.75) is 25.1 Å². The molecule has 0 aromatic heterocycles. The summed E-state index contributed by atoms with van der Waals surface area (Å²) in [5.41, 5.74) is 4.24. The topological polar surface area (TPSA) is 60.4 Å². The molecule has 26 heavy (non-hydrogen) atoms. The van der Waals surface area contributed by atoms with Crippen molar-refractivity contribution in [3.8, 4) is 23.0 Å². The lowest BCUT2D eigenvalue weighted by Gasteiger charge is -2.44. The van der Waals surface area contributed by atoms with E-state index in [-0.39, 0.29) is 12.8 Å². The first-order valence-corrected chi connectivity index (χ1v) is 8.79. The highest BCUT2D eigenvalue weighted by Gasteiger charge is 2.41. The Labute approximate surface area is 151 Å². The van der Waals surface area contributed by atoms with Gasteiger partial charge < -0.3 is 24.1 Å². The van der Waals surface area contributed by atoms with Crippen molar-refractivity contribution in [2.24, 2.45) is 0 Å². The van der Waals surface area contributed by atoms with Crippen molar-refractivity contribution in [1.82, 2.24) is 4.90 Å². The van der Waals surface area contributed by atoms with Gasteiger partial charge in [0.2, 0.25) is 6.79 Å². The Kier molecular flexibility index (Phi) is 3.52. The van der Waals surface area contributed by atoms with Gasteiger partial charge in [-0.2, -0.15) is 0 Å². The third-order valence-electron chi connectivity index (χ3n) is 5.68. The van der Waals surface area contributed by atoms with Gasteiger partial charge in [-0.25, -0.2) is 0 Å². The van der Waals surface area contributed by atoms with Gasteiger partial charge in [-0.1, -0.05) is 6.07 Å². The van der Waals surface area contributed by atoms with Crippen LogP contribution < -0.4 is 18.9 Å². The maximum atomic E-state index is 11.2. The lowest BCUT2D eigenvalue weighted by molar-refractivity contribution is 0.0195. The molecule has 2 atom stereocenters. The normalized spacial score (nSPS) is 23.0. The quantitative estimate of drug-likeness (QED) is 0.894. The average molecular weight is 355 g/mol. The Balaban J connectivity index is 1.62. The highest BCUT2D eigenvalue weighted by Crippen LogP contribution is 2.50. The van der Waals surface area contributed by atoms with E-state index in [0.29, 0.717) is 18.0 Å². The maximum absolute atomic E-state index is 11.2. The lowest BCUT2D eigenvalue weighted by atomic mass is 9.81. The van der Waals surface area contributed by atoms with Gasteiger partial charge in [-0.15, -0.1) is 0 Å². The monoisotopic (exact) mass is 355 g/mol. The minimum atomic E-state index is -0.641. The summed E-state index contributed by atoms with van der Waals surface area (Å²) in [6, 6.07) is 7.80.